The molecule has 1 aliphatic heterocycles. The fourth-order valence-corrected chi connectivity index (χ4v) is 4.27. The van der Waals surface area contributed by atoms with Crippen molar-refractivity contribution in [2.45, 2.75) is 39.2 Å². The van der Waals surface area contributed by atoms with Crippen molar-refractivity contribution in [2.24, 2.45) is 0 Å². The Balaban J connectivity index is 1.61. The molecule has 3 rings (SSSR count). The average molecular weight is 319 g/mol. The van der Waals surface area contributed by atoms with E-state index >= 15 is 0 Å². The van der Waals surface area contributed by atoms with Gasteiger partial charge in [-0.3, -0.25) is 10.00 Å². The van der Waals surface area contributed by atoms with Gasteiger partial charge in [0.25, 0.3) is 0 Å². The monoisotopic (exact) mass is 319 g/mol. The van der Waals surface area contributed by atoms with E-state index in [0.29, 0.717) is 5.92 Å². The normalized spacial score (nSPS) is 19.5. The van der Waals surface area contributed by atoms with Gasteiger partial charge in [0.15, 0.2) is 5.13 Å². The minimum Gasteiger partial charge on any atom is -0.349 e. The summed E-state index contributed by atoms with van der Waals surface area (Å²) >= 11 is 1.84. The summed E-state index contributed by atoms with van der Waals surface area (Å²) in [6, 6.07) is 0. The predicted octanol–water partition coefficient (Wildman–Crippen LogP) is 3.09. The van der Waals surface area contributed by atoms with Crippen LogP contribution >= 0.6 is 11.3 Å². The fraction of sp³-hybridized carbons (Fsp3) is 0.625. The maximum atomic E-state index is 4.60. The minimum atomic E-state index is 0.614. The van der Waals surface area contributed by atoms with Crippen LogP contribution in [0, 0.1) is 0 Å². The van der Waals surface area contributed by atoms with Gasteiger partial charge >= 0.3 is 0 Å². The van der Waals surface area contributed by atoms with Crippen molar-refractivity contribution in [2.75, 3.05) is 31.1 Å². The second kappa shape index (κ2) is 7.24. The lowest BCUT2D eigenvalue weighted by molar-refractivity contribution is 0.201. The highest BCUT2D eigenvalue weighted by atomic mass is 32.1. The smallest absolute Gasteiger partial charge is 0.185 e. The number of hydrogen-bond acceptors (Lipinski definition) is 5. The second-order valence-corrected chi connectivity index (χ2v) is 6.98. The van der Waals surface area contributed by atoms with Crippen molar-refractivity contribution >= 4 is 16.5 Å². The number of aromatic amines is 1. The Morgan fingerprint density at radius 1 is 1.36 bits per heavy atom. The molecule has 1 fully saturated rings. The zero-order valence-corrected chi connectivity index (χ0v) is 14.3. The summed E-state index contributed by atoms with van der Waals surface area (Å²) < 4.78 is 0. The van der Waals surface area contributed by atoms with Gasteiger partial charge in [0, 0.05) is 43.4 Å². The molecule has 0 unspecified atom stereocenters. The van der Waals surface area contributed by atoms with E-state index < -0.39 is 0 Å². The van der Waals surface area contributed by atoms with Crippen molar-refractivity contribution in [1.82, 2.24) is 20.1 Å². The Morgan fingerprint density at radius 3 is 2.95 bits per heavy atom. The molecular weight excluding hydrogens is 294 g/mol. The van der Waals surface area contributed by atoms with Crippen LogP contribution in [0.1, 0.15) is 43.0 Å². The second-order valence-electron chi connectivity index (χ2n) is 5.89. The molecule has 0 bridgehead atoms. The molecule has 1 atom stereocenters. The summed E-state index contributed by atoms with van der Waals surface area (Å²) in [7, 11) is 0. The van der Waals surface area contributed by atoms with Gasteiger partial charge < -0.3 is 4.90 Å². The Kier molecular flexibility index (Phi) is 5.10. The van der Waals surface area contributed by atoms with E-state index in [1.807, 2.05) is 23.7 Å². The molecule has 0 radical (unpaired) electrons. The molecule has 1 aliphatic rings. The van der Waals surface area contributed by atoms with Crippen LogP contribution < -0.4 is 4.90 Å². The van der Waals surface area contributed by atoms with E-state index in [2.05, 4.69) is 45.0 Å². The molecule has 5 nitrogen and oxygen atoms in total. The van der Waals surface area contributed by atoms with Gasteiger partial charge in [0.2, 0.25) is 0 Å². The number of rotatable bonds is 6. The first-order valence-corrected chi connectivity index (χ1v) is 9.02. The van der Waals surface area contributed by atoms with Crippen molar-refractivity contribution in [3.05, 3.63) is 29.0 Å². The summed E-state index contributed by atoms with van der Waals surface area (Å²) in [5.74, 6) is 0.614. The van der Waals surface area contributed by atoms with Gasteiger partial charge in [-0.25, -0.2) is 4.98 Å². The van der Waals surface area contributed by atoms with Crippen LogP contribution in [0.5, 0.6) is 0 Å². The van der Waals surface area contributed by atoms with Crippen LogP contribution in [0.15, 0.2) is 18.6 Å². The third-order valence-corrected chi connectivity index (χ3v) is 5.49. The maximum absolute atomic E-state index is 4.60. The molecule has 22 heavy (non-hydrogen) atoms. The molecular formula is C16H25N5S. The van der Waals surface area contributed by atoms with Crippen LogP contribution in [-0.4, -0.2) is 46.3 Å². The van der Waals surface area contributed by atoms with E-state index in [-0.39, 0.29) is 0 Å². The van der Waals surface area contributed by atoms with Gasteiger partial charge in [-0.05, 0) is 44.7 Å². The van der Waals surface area contributed by atoms with Crippen LogP contribution in [0.2, 0.25) is 0 Å². The molecule has 0 spiro atoms. The van der Waals surface area contributed by atoms with E-state index in [1.54, 1.807) is 0 Å². The Morgan fingerprint density at radius 2 is 2.23 bits per heavy atom. The highest BCUT2D eigenvalue weighted by Gasteiger charge is 2.22. The molecule has 120 valence electrons. The first kappa shape index (κ1) is 15.5. The van der Waals surface area contributed by atoms with Crippen LogP contribution in [0.4, 0.5) is 5.13 Å². The van der Waals surface area contributed by atoms with Crippen LogP contribution in [0.25, 0.3) is 0 Å². The molecule has 2 aromatic rings. The van der Waals surface area contributed by atoms with E-state index in [0.717, 1.165) is 31.3 Å². The number of likely N-dealkylation sites (tertiary alicyclic amines) is 1. The largest absolute Gasteiger partial charge is 0.349 e. The van der Waals surface area contributed by atoms with Gasteiger partial charge in [0.05, 0.1) is 6.20 Å². The van der Waals surface area contributed by atoms with Gasteiger partial charge in [-0.1, -0.05) is 0 Å². The topological polar surface area (TPSA) is 48.1 Å². The zero-order valence-electron chi connectivity index (χ0n) is 13.5. The van der Waals surface area contributed by atoms with Crippen molar-refractivity contribution in [3.8, 4) is 0 Å². The summed E-state index contributed by atoms with van der Waals surface area (Å²) in [4.78, 5) is 10.8. The molecule has 1 saturated heterocycles. The Hall–Kier alpha value is -1.40. The third-order valence-electron chi connectivity index (χ3n) is 4.45. The number of anilines is 1. The summed E-state index contributed by atoms with van der Waals surface area (Å²) in [6.45, 7) is 9.75. The lowest BCUT2D eigenvalue weighted by Gasteiger charge is -2.31. The zero-order chi connectivity index (χ0) is 15.4. The number of nitrogens with zero attached hydrogens (tertiary/aromatic N) is 4. The highest BCUT2D eigenvalue weighted by molar-refractivity contribution is 7.15. The lowest BCUT2D eigenvalue weighted by atomic mass is 9.93. The molecule has 3 heterocycles. The van der Waals surface area contributed by atoms with Gasteiger partial charge in [-0.15, -0.1) is 11.3 Å². The fourth-order valence-electron chi connectivity index (χ4n) is 3.19. The standard InChI is InChI=1S/C16H25N5S/c1-3-21(4-2)16-17-10-15(22-16)12-20-7-5-6-13(11-20)14-8-18-19-9-14/h8-10,13H,3-7,11-12H2,1-2H3,(H,18,19)/t13-/m1/s1. The van der Waals surface area contributed by atoms with Crippen LogP contribution in [-0.2, 0) is 6.54 Å². The quantitative estimate of drug-likeness (QED) is 0.889. The molecule has 0 aromatic carbocycles. The Labute approximate surface area is 136 Å². The minimum absolute atomic E-state index is 0.614. The van der Waals surface area contributed by atoms with E-state index in [9.17, 15) is 0 Å². The highest BCUT2D eigenvalue weighted by Crippen LogP contribution is 2.29. The lowest BCUT2D eigenvalue weighted by Crippen LogP contribution is -2.33. The van der Waals surface area contributed by atoms with Crippen LogP contribution in [0.3, 0.4) is 0 Å². The summed E-state index contributed by atoms with van der Waals surface area (Å²) in [5, 5.41) is 8.19. The number of piperidine rings is 1. The van der Waals surface area contributed by atoms with Crippen molar-refractivity contribution in [3.63, 3.8) is 0 Å². The maximum Gasteiger partial charge on any atom is 0.185 e. The Bertz CT molecular complexity index is 561. The predicted molar refractivity (Wildman–Crippen MR) is 91.5 cm³/mol. The van der Waals surface area contributed by atoms with Gasteiger partial charge in [0.1, 0.15) is 0 Å². The average Bonchev–Trinajstić information content (AvgIpc) is 3.21. The molecule has 2 aromatic heterocycles. The first-order valence-electron chi connectivity index (χ1n) is 8.20. The molecule has 6 heteroatoms. The van der Waals surface area contributed by atoms with E-state index in [4.69, 9.17) is 0 Å². The first-order chi connectivity index (χ1) is 10.8. The number of hydrogen-bond donors (Lipinski definition) is 1. The summed E-state index contributed by atoms with van der Waals surface area (Å²) in [5.41, 5.74) is 1.35. The number of H-pyrrole nitrogens is 1. The molecule has 1 N–H and O–H groups in total. The molecule has 0 amide bonds. The number of thiazole rings is 1. The third kappa shape index (κ3) is 3.50. The molecule has 0 saturated carbocycles. The number of aromatic nitrogens is 3. The molecule has 0 aliphatic carbocycles. The van der Waals surface area contributed by atoms with Crippen molar-refractivity contribution < 1.29 is 0 Å². The van der Waals surface area contributed by atoms with E-state index in [1.165, 1.54) is 29.8 Å². The number of nitrogens with one attached hydrogen (secondary N) is 1. The van der Waals surface area contributed by atoms with Gasteiger partial charge in [-0.2, -0.15) is 5.10 Å². The van der Waals surface area contributed by atoms with Crippen molar-refractivity contribution in [1.29, 1.82) is 0 Å². The summed E-state index contributed by atoms with van der Waals surface area (Å²) in [6.07, 6.45) is 8.60. The SMILES string of the molecule is CCN(CC)c1ncc(CN2CCC[C@@H](c3cn[nH]c3)C2)s1.